The van der Waals surface area contributed by atoms with Crippen molar-refractivity contribution in [2.24, 2.45) is 0 Å². The van der Waals surface area contributed by atoms with Crippen LogP contribution in [0.2, 0.25) is 0 Å². The third-order valence-corrected chi connectivity index (χ3v) is 4.05. The number of hydrogen-bond acceptors (Lipinski definition) is 4. The highest BCUT2D eigenvalue weighted by Gasteiger charge is 2.33. The van der Waals surface area contributed by atoms with Gasteiger partial charge in [0.1, 0.15) is 0 Å². The molecule has 0 aromatic carbocycles. The molecule has 6 nitrogen and oxygen atoms in total. The first-order valence-corrected chi connectivity index (χ1v) is 6.98. The SMILES string of the molecule is COCCn1cc(-n2cncc2C2(C)CCNC2)cn1. The molecule has 1 atom stereocenters. The van der Waals surface area contributed by atoms with Crippen molar-refractivity contribution in [1.29, 1.82) is 0 Å². The summed E-state index contributed by atoms with van der Waals surface area (Å²) in [6, 6.07) is 0. The van der Waals surface area contributed by atoms with E-state index in [9.17, 15) is 0 Å². The average Bonchev–Trinajstić information content (AvgIpc) is 3.16. The highest BCUT2D eigenvalue weighted by Crippen LogP contribution is 2.31. The number of aromatic nitrogens is 4. The molecule has 0 radical (unpaired) electrons. The molecular weight excluding hydrogens is 254 g/mol. The second-order valence-corrected chi connectivity index (χ2v) is 5.59. The molecule has 20 heavy (non-hydrogen) atoms. The number of rotatable bonds is 5. The lowest BCUT2D eigenvalue weighted by atomic mass is 9.86. The van der Waals surface area contributed by atoms with Gasteiger partial charge in [0.25, 0.3) is 0 Å². The van der Waals surface area contributed by atoms with E-state index in [0.29, 0.717) is 6.61 Å². The van der Waals surface area contributed by atoms with E-state index in [1.165, 1.54) is 5.69 Å². The molecule has 2 aromatic rings. The van der Waals surface area contributed by atoms with Crippen LogP contribution in [0.1, 0.15) is 19.0 Å². The Bertz CT molecular complexity index is 568. The molecule has 0 saturated carbocycles. The maximum atomic E-state index is 5.08. The van der Waals surface area contributed by atoms with Gasteiger partial charge in [0.05, 0.1) is 31.4 Å². The number of methoxy groups -OCH3 is 1. The summed E-state index contributed by atoms with van der Waals surface area (Å²) in [7, 11) is 1.70. The zero-order chi connectivity index (χ0) is 14.0. The predicted octanol–water partition coefficient (Wildman–Crippen LogP) is 0.966. The van der Waals surface area contributed by atoms with E-state index in [4.69, 9.17) is 4.74 Å². The van der Waals surface area contributed by atoms with Crippen LogP contribution in [0.3, 0.4) is 0 Å². The zero-order valence-corrected chi connectivity index (χ0v) is 12.0. The van der Waals surface area contributed by atoms with Crippen molar-refractivity contribution in [3.05, 3.63) is 30.6 Å². The van der Waals surface area contributed by atoms with Crippen molar-refractivity contribution in [3.63, 3.8) is 0 Å². The lowest BCUT2D eigenvalue weighted by molar-refractivity contribution is 0.183. The lowest BCUT2D eigenvalue weighted by Crippen LogP contribution is -2.27. The van der Waals surface area contributed by atoms with Crippen LogP contribution in [0.5, 0.6) is 0 Å². The van der Waals surface area contributed by atoms with E-state index in [0.717, 1.165) is 31.7 Å². The maximum Gasteiger partial charge on any atom is 0.0995 e. The number of hydrogen-bond donors (Lipinski definition) is 1. The van der Waals surface area contributed by atoms with Gasteiger partial charge in [-0.25, -0.2) is 4.98 Å². The predicted molar refractivity (Wildman–Crippen MR) is 76.1 cm³/mol. The first-order valence-electron chi connectivity index (χ1n) is 6.98. The van der Waals surface area contributed by atoms with E-state index in [2.05, 4.69) is 26.9 Å². The van der Waals surface area contributed by atoms with Gasteiger partial charge >= 0.3 is 0 Å². The molecular formula is C14H21N5O. The van der Waals surface area contributed by atoms with Crippen molar-refractivity contribution >= 4 is 0 Å². The fraction of sp³-hybridized carbons (Fsp3) is 0.571. The summed E-state index contributed by atoms with van der Waals surface area (Å²) in [6.07, 6.45) is 8.90. The standard InChI is InChI=1S/C14H21N5O/c1-14(3-4-15-10-14)13-8-16-11-19(13)12-7-17-18(9-12)5-6-20-2/h7-9,11,15H,3-6,10H2,1-2H3. The minimum atomic E-state index is 0.144. The summed E-state index contributed by atoms with van der Waals surface area (Å²) in [5.74, 6) is 0. The fourth-order valence-electron chi connectivity index (χ4n) is 2.77. The summed E-state index contributed by atoms with van der Waals surface area (Å²) >= 11 is 0. The first kappa shape index (κ1) is 13.3. The molecule has 1 unspecified atom stereocenters. The third-order valence-electron chi connectivity index (χ3n) is 4.05. The largest absolute Gasteiger partial charge is 0.383 e. The molecule has 3 rings (SSSR count). The molecule has 1 N–H and O–H groups in total. The van der Waals surface area contributed by atoms with Gasteiger partial charge in [-0.2, -0.15) is 5.10 Å². The number of ether oxygens (including phenoxy) is 1. The summed E-state index contributed by atoms with van der Waals surface area (Å²) in [5.41, 5.74) is 2.45. The quantitative estimate of drug-likeness (QED) is 0.883. The van der Waals surface area contributed by atoms with Crippen molar-refractivity contribution in [2.75, 3.05) is 26.8 Å². The van der Waals surface area contributed by atoms with Gasteiger partial charge in [-0.05, 0) is 13.0 Å². The summed E-state index contributed by atoms with van der Waals surface area (Å²) < 4.78 is 9.12. The van der Waals surface area contributed by atoms with Crippen LogP contribution in [0.25, 0.3) is 5.69 Å². The van der Waals surface area contributed by atoms with Crippen LogP contribution >= 0.6 is 0 Å². The number of nitrogens with one attached hydrogen (secondary N) is 1. The van der Waals surface area contributed by atoms with Gasteiger partial charge in [0.2, 0.25) is 0 Å². The van der Waals surface area contributed by atoms with Crippen LogP contribution in [0, 0.1) is 0 Å². The summed E-state index contributed by atoms with van der Waals surface area (Å²) in [6.45, 7) is 5.78. The molecule has 0 aliphatic carbocycles. The maximum absolute atomic E-state index is 5.08. The van der Waals surface area contributed by atoms with Crippen molar-refractivity contribution in [2.45, 2.75) is 25.3 Å². The van der Waals surface area contributed by atoms with Crippen LogP contribution in [0.4, 0.5) is 0 Å². The lowest BCUT2D eigenvalue weighted by Gasteiger charge is -2.23. The molecule has 1 saturated heterocycles. The normalized spacial score (nSPS) is 22.5. The van der Waals surface area contributed by atoms with E-state index in [1.54, 1.807) is 7.11 Å². The number of nitrogens with zero attached hydrogens (tertiary/aromatic N) is 4. The molecule has 1 fully saturated rings. The Morgan fingerprint density at radius 1 is 1.45 bits per heavy atom. The van der Waals surface area contributed by atoms with Crippen LogP contribution in [0.15, 0.2) is 24.9 Å². The monoisotopic (exact) mass is 275 g/mol. The van der Waals surface area contributed by atoms with E-state index in [1.807, 2.05) is 29.6 Å². The van der Waals surface area contributed by atoms with Crippen molar-refractivity contribution < 1.29 is 4.74 Å². The molecule has 0 amide bonds. The van der Waals surface area contributed by atoms with Gasteiger partial charge < -0.3 is 10.1 Å². The van der Waals surface area contributed by atoms with Gasteiger partial charge in [-0.1, -0.05) is 6.92 Å². The average molecular weight is 275 g/mol. The van der Waals surface area contributed by atoms with Crippen LogP contribution < -0.4 is 5.32 Å². The smallest absolute Gasteiger partial charge is 0.0995 e. The Balaban J connectivity index is 1.87. The van der Waals surface area contributed by atoms with Gasteiger partial charge in [-0.3, -0.25) is 9.25 Å². The van der Waals surface area contributed by atoms with E-state index >= 15 is 0 Å². The molecule has 0 spiro atoms. The Morgan fingerprint density at radius 3 is 3.10 bits per heavy atom. The Hall–Kier alpha value is -1.66. The third kappa shape index (κ3) is 2.36. The van der Waals surface area contributed by atoms with Crippen LogP contribution in [-0.2, 0) is 16.7 Å². The molecule has 3 heterocycles. The molecule has 1 aliphatic rings. The van der Waals surface area contributed by atoms with Crippen molar-refractivity contribution in [3.8, 4) is 5.69 Å². The second-order valence-electron chi connectivity index (χ2n) is 5.59. The Kier molecular flexibility index (Phi) is 3.58. The Labute approximate surface area is 118 Å². The molecule has 108 valence electrons. The van der Waals surface area contributed by atoms with Gasteiger partial charge in [0, 0.05) is 37.2 Å². The summed E-state index contributed by atoms with van der Waals surface area (Å²) in [5, 5.41) is 7.81. The van der Waals surface area contributed by atoms with Gasteiger partial charge in [0.15, 0.2) is 0 Å². The zero-order valence-electron chi connectivity index (χ0n) is 12.0. The number of imidazole rings is 1. The molecule has 0 bridgehead atoms. The molecule has 2 aromatic heterocycles. The second kappa shape index (κ2) is 5.38. The minimum absolute atomic E-state index is 0.144. The fourth-order valence-corrected chi connectivity index (χ4v) is 2.77. The first-order chi connectivity index (χ1) is 9.73. The molecule has 6 heteroatoms. The minimum Gasteiger partial charge on any atom is -0.383 e. The summed E-state index contributed by atoms with van der Waals surface area (Å²) in [4.78, 5) is 4.33. The Morgan fingerprint density at radius 2 is 2.35 bits per heavy atom. The van der Waals surface area contributed by atoms with Gasteiger partial charge in [-0.15, -0.1) is 0 Å². The van der Waals surface area contributed by atoms with Crippen LogP contribution in [-0.4, -0.2) is 46.1 Å². The van der Waals surface area contributed by atoms with E-state index in [-0.39, 0.29) is 5.41 Å². The highest BCUT2D eigenvalue weighted by molar-refractivity contribution is 5.32. The van der Waals surface area contributed by atoms with E-state index < -0.39 is 0 Å². The topological polar surface area (TPSA) is 56.9 Å². The highest BCUT2D eigenvalue weighted by atomic mass is 16.5. The van der Waals surface area contributed by atoms with Crippen molar-refractivity contribution in [1.82, 2.24) is 24.6 Å². The molecule has 1 aliphatic heterocycles.